The molecule has 0 saturated heterocycles. The Bertz CT molecular complexity index is 457. The third kappa shape index (κ3) is 7.28. The topological polar surface area (TPSA) is 26.3 Å². The zero-order valence-electron chi connectivity index (χ0n) is 19.5. The van der Waals surface area contributed by atoms with Crippen molar-refractivity contribution in [1.29, 1.82) is 0 Å². The molecular formula is C27H48O2. The maximum atomic E-state index is 11.9. The molecule has 3 rings (SSSR count). The van der Waals surface area contributed by atoms with Crippen LogP contribution in [0.5, 0.6) is 0 Å². The SMILES string of the molecule is CCCCC[C@H]1CC[C@H](C2CCC([C@H]3CCC[C@@H](OC(=O)CCC)C3)CC2)CC1. The van der Waals surface area contributed by atoms with Gasteiger partial charge in [0.05, 0.1) is 0 Å². The van der Waals surface area contributed by atoms with Crippen LogP contribution in [0.1, 0.15) is 129 Å². The molecule has 3 fully saturated rings. The second-order valence-corrected chi connectivity index (χ2v) is 10.7. The van der Waals surface area contributed by atoms with E-state index in [-0.39, 0.29) is 12.1 Å². The minimum absolute atomic E-state index is 0.0344. The standard InChI is InChI=1S/C27H48O2/c1-3-5-6-9-21-12-14-22(15-13-21)23-16-18-24(19-17-23)25-10-7-11-26(20-25)29-27(28)8-4-2/h21-26H,3-20H2,1-2H3/t21-,22-,23?,24?,25-,26+/m0/s1. The number of carbonyl (C=O) groups excluding carboxylic acids is 1. The largest absolute Gasteiger partial charge is 0.462 e. The molecule has 2 nitrogen and oxygen atoms in total. The number of ether oxygens (including phenoxy) is 1. The summed E-state index contributed by atoms with van der Waals surface area (Å²) in [5, 5.41) is 0. The van der Waals surface area contributed by atoms with Crippen LogP contribution in [0.3, 0.4) is 0 Å². The zero-order valence-corrected chi connectivity index (χ0v) is 19.5. The molecule has 0 bridgehead atoms. The first-order chi connectivity index (χ1) is 14.2. The lowest BCUT2D eigenvalue weighted by molar-refractivity contribution is -0.151. The molecule has 0 aliphatic heterocycles. The smallest absolute Gasteiger partial charge is 0.306 e. The maximum absolute atomic E-state index is 11.9. The highest BCUT2D eigenvalue weighted by molar-refractivity contribution is 5.69. The van der Waals surface area contributed by atoms with Gasteiger partial charge in [0.2, 0.25) is 0 Å². The van der Waals surface area contributed by atoms with E-state index in [4.69, 9.17) is 4.74 Å². The maximum Gasteiger partial charge on any atom is 0.306 e. The van der Waals surface area contributed by atoms with Gasteiger partial charge >= 0.3 is 5.97 Å². The quantitative estimate of drug-likeness (QED) is 0.287. The van der Waals surface area contributed by atoms with Crippen molar-refractivity contribution in [3.05, 3.63) is 0 Å². The van der Waals surface area contributed by atoms with Crippen molar-refractivity contribution in [2.45, 2.75) is 136 Å². The van der Waals surface area contributed by atoms with E-state index in [1.165, 1.54) is 89.9 Å². The lowest BCUT2D eigenvalue weighted by atomic mass is 9.65. The minimum atomic E-state index is 0.0344. The van der Waals surface area contributed by atoms with Crippen molar-refractivity contribution in [1.82, 2.24) is 0 Å². The molecule has 0 unspecified atom stereocenters. The zero-order chi connectivity index (χ0) is 20.5. The second kappa shape index (κ2) is 12.4. The Labute approximate surface area is 180 Å². The van der Waals surface area contributed by atoms with Gasteiger partial charge in [0.25, 0.3) is 0 Å². The Morgan fingerprint density at radius 2 is 1.34 bits per heavy atom. The molecule has 0 heterocycles. The molecule has 3 aliphatic carbocycles. The summed E-state index contributed by atoms with van der Waals surface area (Å²) < 4.78 is 5.78. The highest BCUT2D eigenvalue weighted by atomic mass is 16.5. The van der Waals surface area contributed by atoms with Crippen molar-refractivity contribution in [3.8, 4) is 0 Å². The first-order valence-electron chi connectivity index (χ1n) is 13.4. The molecule has 29 heavy (non-hydrogen) atoms. The molecule has 0 spiro atoms. The first-order valence-corrected chi connectivity index (χ1v) is 13.4. The number of hydrogen-bond acceptors (Lipinski definition) is 2. The van der Waals surface area contributed by atoms with Crippen LogP contribution in [0.4, 0.5) is 0 Å². The van der Waals surface area contributed by atoms with Crippen molar-refractivity contribution >= 4 is 5.97 Å². The lowest BCUT2D eigenvalue weighted by Crippen LogP contribution is -2.32. The van der Waals surface area contributed by atoms with Crippen LogP contribution in [0.15, 0.2) is 0 Å². The summed E-state index contributed by atoms with van der Waals surface area (Å²) in [5.74, 6) is 4.86. The summed E-state index contributed by atoms with van der Waals surface area (Å²) in [7, 11) is 0. The van der Waals surface area contributed by atoms with E-state index < -0.39 is 0 Å². The van der Waals surface area contributed by atoms with Crippen molar-refractivity contribution in [3.63, 3.8) is 0 Å². The molecular weight excluding hydrogens is 356 g/mol. The van der Waals surface area contributed by atoms with Gasteiger partial charge in [-0.1, -0.05) is 52.4 Å². The Morgan fingerprint density at radius 1 is 0.724 bits per heavy atom. The van der Waals surface area contributed by atoms with Gasteiger partial charge in [0.1, 0.15) is 6.10 Å². The molecule has 0 aromatic rings. The van der Waals surface area contributed by atoms with Gasteiger partial charge in [-0.05, 0) is 100 Å². The molecule has 3 saturated carbocycles. The van der Waals surface area contributed by atoms with E-state index in [1.54, 1.807) is 0 Å². The molecule has 0 aromatic carbocycles. The van der Waals surface area contributed by atoms with Gasteiger partial charge in [-0.3, -0.25) is 4.79 Å². The lowest BCUT2D eigenvalue weighted by Gasteiger charge is -2.41. The Kier molecular flexibility index (Phi) is 9.86. The third-order valence-corrected chi connectivity index (χ3v) is 8.68. The predicted octanol–water partition coefficient (Wildman–Crippen LogP) is 8.08. The highest BCUT2D eigenvalue weighted by Gasteiger charge is 2.35. The number of rotatable bonds is 9. The van der Waals surface area contributed by atoms with Gasteiger partial charge in [0.15, 0.2) is 0 Å². The Hall–Kier alpha value is -0.530. The van der Waals surface area contributed by atoms with Crippen molar-refractivity contribution in [2.75, 3.05) is 0 Å². The molecule has 2 atom stereocenters. The first kappa shape index (κ1) is 23.1. The molecule has 0 aromatic heterocycles. The number of esters is 1. The Morgan fingerprint density at radius 3 is 1.97 bits per heavy atom. The van der Waals surface area contributed by atoms with Crippen LogP contribution in [0.2, 0.25) is 0 Å². The molecule has 3 aliphatic rings. The van der Waals surface area contributed by atoms with Crippen LogP contribution in [0.25, 0.3) is 0 Å². The normalized spacial score (nSPS) is 35.9. The summed E-state index contributed by atoms with van der Waals surface area (Å²) >= 11 is 0. The monoisotopic (exact) mass is 404 g/mol. The van der Waals surface area contributed by atoms with Crippen LogP contribution >= 0.6 is 0 Å². The molecule has 168 valence electrons. The van der Waals surface area contributed by atoms with E-state index in [9.17, 15) is 4.79 Å². The summed E-state index contributed by atoms with van der Waals surface area (Å²) in [6.07, 6.45) is 24.3. The van der Waals surface area contributed by atoms with Crippen LogP contribution in [0, 0.1) is 29.6 Å². The molecule has 0 N–H and O–H groups in total. The van der Waals surface area contributed by atoms with Crippen LogP contribution < -0.4 is 0 Å². The van der Waals surface area contributed by atoms with E-state index in [0.717, 1.165) is 48.9 Å². The number of hydrogen-bond donors (Lipinski definition) is 0. The van der Waals surface area contributed by atoms with E-state index in [1.807, 2.05) is 0 Å². The average Bonchev–Trinajstić information content (AvgIpc) is 2.75. The predicted molar refractivity (Wildman–Crippen MR) is 122 cm³/mol. The van der Waals surface area contributed by atoms with E-state index in [2.05, 4.69) is 13.8 Å². The molecule has 2 heteroatoms. The summed E-state index contributed by atoms with van der Waals surface area (Å²) in [4.78, 5) is 11.9. The molecule has 0 amide bonds. The fraction of sp³-hybridized carbons (Fsp3) is 0.963. The van der Waals surface area contributed by atoms with E-state index in [0.29, 0.717) is 6.42 Å². The van der Waals surface area contributed by atoms with Gasteiger partial charge in [-0.25, -0.2) is 0 Å². The van der Waals surface area contributed by atoms with Gasteiger partial charge in [0, 0.05) is 6.42 Å². The van der Waals surface area contributed by atoms with Gasteiger partial charge in [-0.15, -0.1) is 0 Å². The summed E-state index contributed by atoms with van der Waals surface area (Å²) in [5.41, 5.74) is 0. The van der Waals surface area contributed by atoms with Gasteiger partial charge < -0.3 is 4.74 Å². The fourth-order valence-electron chi connectivity index (χ4n) is 6.88. The molecule has 0 radical (unpaired) electrons. The highest BCUT2D eigenvalue weighted by Crippen LogP contribution is 2.46. The van der Waals surface area contributed by atoms with Gasteiger partial charge in [-0.2, -0.15) is 0 Å². The number of unbranched alkanes of at least 4 members (excludes halogenated alkanes) is 2. The Balaban J connectivity index is 1.35. The fourth-order valence-corrected chi connectivity index (χ4v) is 6.88. The van der Waals surface area contributed by atoms with Crippen LogP contribution in [-0.2, 0) is 9.53 Å². The summed E-state index contributed by atoms with van der Waals surface area (Å²) in [6.45, 7) is 4.38. The van der Waals surface area contributed by atoms with E-state index >= 15 is 0 Å². The second-order valence-electron chi connectivity index (χ2n) is 10.7. The number of carbonyl (C=O) groups is 1. The third-order valence-electron chi connectivity index (χ3n) is 8.68. The van der Waals surface area contributed by atoms with Crippen LogP contribution in [-0.4, -0.2) is 12.1 Å². The minimum Gasteiger partial charge on any atom is -0.462 e. The van der Waals surface area contributed by atoms with Crippen molar-refractivity contribution in [2.24, 2.45) is 29.6 Å². The summed E-state index contributed by atoms with van der Waals surface area (Å²) in [6, 6.07) is 0. The average molecular weight is 405 g/mol. The van der Waals surface area contributed by atoms with Crippen molar-refractivity contribution < 1.29 is 9.53 Å².